The third kappa shape index (κ3) is 4.07. The maximum absolute atomic E-state index is 12.2. The summed E-state index contributed by atoms with van der Waals surface area (Å²) < 4.78 is 1.92. The van der Waals surface area contributed by atoms with E-state index in [1.54, 1.807) is 30.5 Å². The van der Waals surface area contributed by atoms with Crippen molar-refractivity contribution in [1.29, 1.82) is 5.26 Å². The van der Waals surface area contributed by atoms with E-state index in [1.807, 2.05) is 42.0 Å². The van der Waals surface area contributed by atoms with Gasteiger partial charge in [-0.2, -0.15) is 5.26 Å². The van der Waals surface area contributed by atoms with Crippen LogP contribution in [-0.4, -0.2) is 21.2 Å². The molecule has 2 aromatic carbocycles. The summed E-state index contributed by atoms with van der Waals surface area (Å²) in [5, 5.41) is 13.0. The molecular formula is C19H15ClN4OS. The van der Waals surface area contributed by atoms with E-state index >= 15 is 0 Å². The SMILES string of the molecule is Cc1c(Cl)cccc1-n1ccnc1SCC(=O)Nc1ccc(C#N)cc1. The molecule has 3 aromatic rings. The van der Waals surface area contributed by atoms with Gasteiger partial charge in [-0.1, -0.05) is 29.4 Å². The van der Waals surface area contributed by atoms with Crippen LogP contribution in [0.15, 0.2) is 60.0 Å². The molecule has 5 nitrogen and oxygen atoms in total. The topological polar surface area (TPSA) is 70.7 Å². The lowest BCUT2D eigenvalue weighted by atomic mass is 10.2. The van der Waals surface area contributed by atoms with Gasteiger partial charge in [0, 0.05) is 23.1 Å². The largest absolute Gasteiger partial charge is 0.325 e. The van der Waals surface area contributed by atoms with Crippen molar-refractivity contribution in [3.8, 4) is 11.8 Å². The van der Waals surface area contributed by atoms with Gasteiger partial charge in [0.15, 0.2) is 5.16 Å². The van der Waals surface area contributed by atoms with Gasteiger partial charge in [-0.15, -0.1) is 0 Å². The Kier molecular flexibility index (Phi) is 5.61. The Labute approximate surface area is 160 Å². The maximum atomic E-state index is 12.2. The number of nitrogens with zero attached hydrogens (tertiary/aromatic N) is 3. The number of benzene rings is 2. The third-order valence-electron chi connectivity index (χ3n) is 3.74. The number of carbonyl (C=O) groups excluding carboxylic acids is 1. The Balaban J connectivity index is 1.67. The van der Waals surface area contributed by atoms with E-state index in [2.05, 4.69) is 10.3 Å². The van der Waals surface area contributed by atoms with Gasteiger partial charge in [-0.05, 0) is 48.9 Å². The van der Waals surface area contributed by atoms with E-state index in [4.69, 9.17) is 16.9 Å². The lowest BCUT2D eigenvalue weighted by Gasteiger charge is -2.11. The molecule has 1 amide bonds. The van der Waals surface area contributed by atoms with Crippen LogP contribution in [0, 0.1) is 18.3 Å². The minimum absolute atomic E-state index is 0.142. The maximum Gasteiger partial charge on any atom is 0.234 e. The number of carbonyl (C=O) groups is 1. The van der Waals surface area contributed by atoms with Crippen LogP contribution >= 0.6 is 23.4 Å². The van der Waals surface area contributed by atoms with Gasteiger partial charge >= 0.3 is 0 Å². The van der Waals surface area contributed by atoms with E-state index < -0.39 is 0 Å². The number of nitrogens with one attached hydrogen (secondary N) is 1. The molecule has 7 heteroatoms. The summed E-state index contributed by atoms with van der Waals surface area (Å²) >= 11 is 7.54. The van der Waals surface area contributed by atoms with Gasteiger partial charge in [0.2, 0.25) is 5.91 Å². The molecule has 1 N–H and O–H groups in total. The second kappa shape index (κ2) is 8.09. The van der Waals surface area contributed by atoms with Crippen molar-refractivity contribution in [3.05, 3.63) is 71.0 Å². The highest BCUT2D eigenvalue weighted by Crippen LogP contribution is 2.26. The van der Waals surface area contributed by atoms with Crippen LogP contribution in [0.2, 0.25) is 5.02 Å². The molecule has 3 rings (SSSR count). The van der Waals surface area contributed by atoms with Gasteiger partial charge in [-0.3, -0.25) is 9.36 Å². The van der Waals surface area contributed by atoms with E-state index in [1.165, 1.54) is 11.8 Å². The summed E-state index contributed by atoms with van der Waals surface area (Å²) in [6, 6.07) is 14.5. The number of thioether (sulfide) groups is 1. The monoisotopic (exact) mass is 382 g/mol. The number of anilines is 1. The highest BCUT2D eigenvalue weighted by molar-refractivity contribution is 7.99. The Morgan fingerprint density at radius 3 is 2.81 bits per heavy atom. The minimum Gasteiger partial charge on any atom is -0.325 e. The van der Waals surface area contributed by atoms with Crippen LogP contribution in [0.1, 0.15) is 11.1 Å². The van der Waals surface area contributed by atoms with E-state index in [0.717, 1.165) is 11.3 Å². The van der Waals surface area contributed by atoms with Crippen molar-refractivity contribution in [2.45, 2.75) is 12.1 Å². The van der Waals surface area contributed by atoms with Crippen LogP contribution in [0.4, 0.5) is 5.69 Å². The predicted octanol–water partition coefficient (Wildman–Crippen LogP) is 4.44. The Hall–Kier alpha value is -2.75. The van der Waals surface area contributed by atoms with Crippen molar-refractivity contribution in [2.24, 2.45) is 0 Å². The minimum atomic E-state index is -0.142. The van der Waals surface area contributed by atoms with Crippen LogP contribution in [0.5, 0.6) is 0 Å². The summed E-state index contributed by atoms with van der Waals surface area (Å²) in [5.74, 6) is 0.0773. The average Bonchev–Trinajstić information content (AvgIpc) is 3.11. The summed E-state index contributed by atoms with van der Waals surface area (Å²) in [6.45, 7) is 1.95. The first kappa shape index (κ1) is 18.1. The molecule has 0 saturated heterocycles. The Morgan fingerprint density at radius 2 is 2.08 bits per heavy atom. The number of nitriles is 1. The molecule has 0 radical (unpaired) electrons. The van der Waals surface area contributed by atoms with Crippen molar-refractivity contribution in [2.75, 3.05) is 11.1 Å². The van der Waals surface area contributed by atoms with E-state index in [0.29, 0.717) is 21.4 Å². The summed E-state index contributed by atoms with van der Waals surface area (Å²) in [7, 11) is 0. The predicted molar refractivity (Wildman–Crippen MR) is 104 cm³/mol. The molecule has 0 aliphatic rings. The van der Waals surface area contributed by atoms with Gasteiger partial charge < -0.3 is 5.32 Å². The summed E-state index contributed by atoms with van der Waals surface area (Å²) in [6.07, 6.45) is 3.54. The van der Waals surface area contributed by atoms with Gasteiger partial charge in [0.1, 0.15) is 0 Å². The van der Waals surface area contributed by atoms with Crippen LogP contribution in [0.25, 0.3) is 5.69 Å². The van der Waals surface area contributed by atoms with Gasteiger partial charge in [0.05, 0.1) is 23.1 Å². The van der Waals surface area contributed by atoms with E-state index in [9.17, 15) is 4.79 Å². The quantitative estimate of drug-likeness (QED) is 0.662. The normalized spacial score (nSPS) is 10.3. The molecule has 0 spiro atoms. The zero-order valence-corrected chi connectivity index (χ0v) is 15.5. The molecule has 26 heavy (non-hydrogen) atoms. The zero-order valence-electron chi connectivity index (χ0n) is 13.9. The molecule has 0 fully saturated rings. The molecule has 0 saturated carbocycles. The lowest BCUT2D eigenvalue weighted by molar-refractivity contribution is -0.113. The fraction of sp³-hybridized carbons (Fsp3) is 0.105. The first-order valence-corrected chi connectivity index (χ1v) is 9.16. The number of hydrogen-bond donors (Lipinski definition) is 1. The molecule has 0 atom stereocenters. The number of aromatic nitrogens is 2. The van der Waals surface area contributed by atoms with Crippen LogP contribution in [0.3, 0.4) is 0 Å². The van der Waals surface area contributed by atoms with Crippen LogP contribution < -0.4 is 5.32 Å². The second-order valence-electron chi connectivity index (χ2n) is 5.49. The fourth-order valence-electron chi connectivity index (χ4n) is 2.39. The fourth-order valence-corrected chi connectivity index (χ4v) is 3.33. The van der Waals surface area contributed by atoms with Crippen molar-refractivity contribution < 1.29 is 4.79 Å². The summed E-state index contributed by atoms with van der Waals surface area (Å²) in [4.78, 5) is 16.5. The first-order valence-electron chi connectivity index (χ1n) is 7.80. The highest BCUT2D eigenvalue weighted by Gasteiger charge is 2.12. The number of imidazole rings is 1. The standard InChI is InChI=1S/C19H15ClN4OS/c1-13-16(20)3-2-4-17(13)24-10-9-22-19(24)26-12-18(25)23-15-7-5-14(11-21)6-8-15/h2-10H,12H2,1H3,(H,23,25). The molecule has 0 unspecified atom stereocenters. The molecule has 0 aliphatic carbocycles. The molecule has 0 bridgehead atoms. The van der Waals surface area contributed by atoms with Crippen LogP contribution in [-0.2, 0) is 4.79 Å². The average molecular weight is 383 g/mol. The zero-order chi connectivity index (χ0) is 18.5. The highest BCUT2D eigenvalue weighted by atomic mass is 35.5. The number of halogens is 1. The lowest BCUT2D eigenvalue weighted by Crippen LogP contribution is -2.14. The number of rotatable bonds is 5. The number of hydrogen-bond acceptors (Lipinski definition) is 4. The molecule has 1 aromatic heterocycles. The van der Waals surface area contributed by atoms with Crippen molar-refractivity contribution >= 4 is 35.0 Å². The molecule has 0 aliphatic heterocycles. The molecular weight excluding hydrogens is 368 g/mol. The first-order chi connectivity index (χ1) is 12.6. The molecule has 130 valence electrons. The smallest absolute Gasteiger partial charge is 0.234 e. The van der Waals surface area contributed by atoms with Gasteiger partial charge in [-0.25, -0.2) is 4.98 Å². The Morgan fingerprint density at radius 1 is 1.31 bits per heavy atom. The third-order valence-corrected chi connectivity index (χ3v) is 5.11. The van der Waals surface area contributed by atoms with Crippen molar-refractivity contribution in [3.63, 3.8) is 0 Å². The summed E-state index contributed by atoms with van der Waals surface area (Å²) in [5.41, 5.74) is 3.10. The van der Waals surface area contributed by atoms with Gasteiger partial charge in [0.25, 0.3) is 0 Å². The number of amides is 1. The second-order valence-corrected chi connectivity index (χ2v) is 6.84. The Bertz CT molecular complexity index is 976. The molecule has 1 heterocycles. The van der Waals surface area contributed by atoms with Crippen molar-refractivity contribution in [1.82, 2.24) is 9.55 Å². The van der Waals surface area contributed by atoms with E-state index in [-0.39, 0.29) is 11.7 Å².